The van der Waals surface area contributed by atoms with Crippen molar-refractivity contribution >= 4 is 39.5 Å². The van der Waals surface area contributed by atoms with Gasteiger partial charge in [0.1, 0.15) is 19.3 Å². The van der Waals surface area contributed by atoms with Gasteiger partial charge in [0, 0.05) is 25.7 Å². The van der Waals surface area contributed by atoms with Crippen molar-refractivity contribution < 1.29 is 80.2 Å². The SMILES string of the molecule is CCC(C)CCCCCCCCCCC(=O)O[C@H](COC(=O)CCCCCCCCC(C)C)COP(=O)(O)OC[C@H](O)COP(=O)(O)OC[C@@H](COC(=O)CCCCCCCCCCCCCCCC(C)C)OC(=O)CCCCCCCCCCCCCCCCC(C)C. The van der Waals surface area contributed by atoms with E-state index in [9.17, 15) is 43.2 Å². The van der Waals surface area contributed by atoms with Gasteiger partial charge in [-0.2, -0.15) is 0 Å². The monoisotopic (exact) mass is 1380 g/mol. The molecule has 19 heteroatoms. The minimum absolute atomic E-state index is 0.104. The Balaban J connectivity index is 5.24. The first-order chi connectivity index (χ1) is 45.1. The predicted octanol–water partition coefficient (Wildman–Crippen LogP) is 21.7. The smallest absolute Gasteiger partial charge is 0.462 e. The van der Waals surface area contributed by atoms with Crippen LogP contribution in [0.25, 0.3) is 0 Å². The van der Waals surface area contributed by atoms with Crippen molar-refractivity contribution in [1.29, 1.82) is 0 Å². The van der Waals surface area contributed by atoms with Gasteiger partial charge >= 0.3 is 39.5 Å². The molecule has 0 bridgehead atoms. The lowest BCUT2D eigenvalue weighted by Crippen LogP contribution is -2.30. The zero-order valence-electron chi connectivity index (χ0n) is 61.6. The molecule has 0 saturated heterocycles. The molecule has 0 aromatic heterocycles. The molecule has 0 aliphatic rings. The van der Waals surface area contributed by atoms with Crippen molar-refractivity contribution in [3.8, 4) is 0 Å². The Morgan fingerprint density at radius 2 is 0.511 bits per heavy atom. The predicted molar refractivity (Wildman–Crippen MR) is 381 cm³/mol. The van der Waals surface area contributed by atoms with E-state index < -0.39 is 97.5 Å². The van der Waals surface area contributed by atoms with E-state index in [1.165, 1.54) is 173 Å². The highest BCUT2D eigenvalue weighted by Crippen LogP contribution is 2.45. The standard InChI is InChI=1S/C75H146O17P2/c1-9-68(8)54-46-38-29-25-26-32-42-50-58-75(80)92-71(62-86-73(78)56-48-40-34-33-37-45-53-67(6)7)64-90-94(83,84)88-60-69(76)59-87-93(81,82)89-63-70(61-85-72(77)55-47-39-30-23-19-16-12-14-18-22-28-36-44-52-66(4)5)91-74(79)57-49-41-31-24-20-15-11-10-13-17-21-27-35-43-51-65(2)3/h65-71,76H,9-64H2,1-8H3,(H,81,82)(H,83,84)/t68?,69-,70-,71-/m1/s1. The van der Waals surface area contributed by atoms with Crippen molar-refractivity contribution in [2.45, 2.75) is 395 Å². The van der Waals surface area contributed by atoms with E-state index >= 15 is 0 Å². The Kier molecular flexibility index (Phi) is 63.1. The van der Waals surface area contributed by atoms with Crippen LogP contribution in [0.1, 0.15) is 376 Å². The highest BCUT2D eigenvalue weighted by Gasteiger charge is 2.30. The van der Waals surface area contributed by atoms with E-state index in [1.54, 1.807) is 0 Å². The zero-order chi connectivity index (χ0) is 69.6. The van der Waals surface area contributed by atoms with Gasteiger partial charge in [0.05, 0.1) is 26.4 Å². The van der Waals surface area contributed by atoms with E-state index in [1.807, 2.05) is 0 Å². The lowest BCUT2D eigenvalue weighted by molar-refractivity contribution is -0.161. The highest BCUT2D eigenvalue weighted by molar-refractivity contribution is 7.47. The van der Waals surface area contributed by atoms with Crippen LogP contribution in [-0.4, -0.2) is 96.7 Å². The Labute approximate surface area is 575 Å². The zero-order valence-corrected chi connectivity index (χ0v) is 63.4. The normalized spacial score (nSPS) is 14.4. The van der Waals surface area contributed by atoms with Crippen LogP contribution < -0.4 is 0 Å². The fourth-order valence-electron chi connectivity index (χ4n) is 11.3. The van der Waals surface area contributed by atoms with Crippen LogP contribution in [0.3, 0.4) is 0 Å². The lowest BCUT2D eigenvalue weighted by Gasteiger charge is -2.21. The second kappa shape index (κ2) is 64.4. The molecule has 0 amide bonds. The summed E-state index contributed by atoms with van der Waals surface area (Å²) in [5, 5.41) is 10.6. The fraction of sp³-hybridized carbons (Fsp3) is 0.947. The molecule has 0 aliphatic heterocycles. The molecule has 0 spiro atoms. The fourth-order valence-corrected chi connectivity index (χ4v) is 12.9. The maximum Gasteiger partial charge on any atom is 0.472 e. The molecule has 558 valence electrons. The lowest BCUT2D eigenvalue weighted by atomic mass is 9.99. The number of unbranched alkanes of at least 4 members (excludes halogenated alkanes) is 37. The summed E-state index contributed by atoms with van der Waals surface area (Å²) in [5.74, 6) is 0.910. The minimum Gasteiger partial charge on any atom is -0.462 e. The van der Waals surface area contributed by atoms with E-state index in [0.717, 1.165) is 114 Å². The van der Waals surface area contributed by atoms with Crippen LogP contribution in [0.5, 0.6) is 0 Å². The number of phosphoric ester groups is 2. The Morgan fingerprint density at radius 1 is 0.298 bits per heavy atom. The van der Waals surface area contributed by atoms with Crippen molar-refractivity contribution in [2.75, 3.05) is 39.6 Å². The summed E-state index contributed by atoms with van der Waals surface area (Å²) < 4.78 is 68.5. The molecule has 6 atom stereocenters. The maximum absolute atomic E-state index is 13.1. The molecule has 0 fully saturated rings. The van der Waals surface area contributed by atoms with Crippen LogP contribution in [0, 0.1) is 23.7 Å². The summed E-state index contributed by atoms with van der Waals surface area (Å²) in [6, 6.07) is 0. The Bertz CT molecular complexity index is 1850. The number of aliphatic hydroxyl groups excluding tert-OH is 1. The number of rotatable bonds is 72. The van der Waals surface area contributed by atoms with E-state index in [4.69, 9.17) is 37.0 Å². The topological polar surface area (TPSA) is 237 Å². The minimum atomic E-state index is -4.96. The van der Waals surface area contributed by atoms with Crippen molar-refractivity contribution in [1.82, 2.24) is 0 Å². The molecule has 0 rings (SSSR count). The van der Waals surface area contributed by atoms with Crippen molar-refractivity contribution in [3.63, 3.8) is 0 Å². The average molecular weight is 1380 g/mol. The summed E-state index contributed by atoms with van der Waals surface area (Å²) in [7, 11) is -9.91. The largest absolute Gasteiger partial charge is 0.472 e. The summed E-state index contributed by atoms with van der Waals surface area (Å²) in [5.41, 5.74) is 0. The third-order valence-electron chi connectivity index (χ3n) is 17.7. The molecule has 0 aromatic carbocycles. The molecule has 0 aliphatic carbocycles. The van der Waals surface area contributed by atoms with E-state index in [0.29, 0.717) is 31.6 Å². The quantitative estimate of drug-likeness (QED) is 0.0222. The van der Waals surface area contributed by atoms with Crippen molar-refractivity contribution in [3.05, 3.63) is 0 Å². The van der Waals surface area contributed by atoms with E-state index in [2.05, 4.69) is 55.4 Å². The number of hydrogen-bond donors (Lipinski definition) is 3. The molecule has 94 heavy (non-hydrogen) atoms. The first-order valence-corrected chi connectivity index (χ1v) is 41.7. The van der Waals surface area contributed by atoms with Crippen LogP contribution >= 0.6 is 15.6 Å². The van der Waals surface area contributed by atoms with Gasteiger partial charge in [-0.1, -0.05) is 325 Å². The van der Waals surface area contributed by atoms with E-state index in [-0.39, 0.29) is 25.7 Å². The molecule has 0 saturated carbocycles. The highest BCUT2D eigenvalue weighted by atomic mass is 31.2. The number of esters is 4. The summed E-state index contributed by atoms with van der Waals surface area (Å²) >= 11 is 0. The number of aliphatic hydroxyl groups is 1. The number of ether oxygens (including phenoxy) is 4. The molecule has 0 heterocycles. The Morgan fingerprint density at radius 3 is 0.755 bits per heavy atom. The van der Waals surface area contributed by atoms with Gasteiger partial charge in [0.25, 0.3) is 0 Å². The molecule has 0 radical (unpaired) electrons. The number of phosphoric acid groups is 2. The van der Waals surface area contributed by atoms with Gasteiger partial charge in [-0.25, -0.2) is 9.13 Å². The van der Waals surface area contributed by atoms with Crippen LogP contribution in [-0.2, 0) is 65.4 Å². The second-order valence-electron chi connectivity index (χ2n) is 28.7. The van der Waals surface area contributed by atoms with Gasteiger partial charge in [-0.3, -0.25) is 37.3 Å². The second-order valence-corrected chi connectivity index (χ2v) is 31.6. The summed E-state index contributed by atoms with van der Waals surface area (Å²) in [4.78, 5) is 72.7. The summed E-state index contributed by atoms with van der Waals surface area (Å²) in [6.07, 6.45) is 48.7. The van der Waals surface area contributed by atoms with Gasteiger partial charge < -0.3 is 33.8 Å². The third-order valence-corrected chi connectivity index (χ3v) is 19.6. The first-order valence-electron chi connectivity index (χ1n) is 38.7. The molecular weight excluding hydrogens is 1230 g/mol. The average Bonchev–Trinajstić information content (AvgIpc) is 2.05. The van der Waals surface area contributed by atoms with Crippen LogP contribution in [0.15, 0.2) is 0 Å². The Hall–Kier alpha value is -1.94. The molecule has 0 aromatic rings. The third kappa shape index (κ3) is 67.3. The number of hydrogen-bond acceptors (Lipinski definition) is 15. The number of carbonyl (C=O) groups is 4. The molecule has 3 N–H and O–H groups in total. The molecular formula is C75H146O17P2. The van der Waals surface area contributed by atoms with Gasteiger partial charge in [-0.05, 0) is 49.4 Å². The van der Waals surface area contributed by atoms with Gasteiger partial charge in [-0.15, -0.1) is 0 Å². The maximum atomic E-state index is 13.1. The van der Waals surface area contributed by atoms with Gasteiger partial charge in [0.15, 0.2) is 12.2 Å². The first kappa shape index (κ1) is 92.1. The van der Waals surface area contributed by atoms with Crippen molar-refractivity contribution in [2.24, 2.45) is 23.7 Å². The molecule has 17 nitrogen and oxygen atoms in total. The number of carbonyl (C=O) groups excluding carboxylic acids is 4. The van der Waals surface area contributed by atoms with Crippen LogP contribution in [0.4, 0.5) is 0 Å². The summed E-state index contributed by atoms with van der Waals surface area (Å²) in [6.45, 7) is 14.1. The molecule has 3 unspecified atom stereocenters. The van der Waals surface area contributed by atoms with Crippen LogP contribution in [0.2, 0.25) is 0 Å². The van der Waals surface area contributed by atoms with Gasteiger partial charge in [0.2, 0.25) is 0 Å².